The van der Waals surface area contributed by atoms with Crippen molar-refractivity contribution in [2.45, 2.75) is 154 Å². The summed E-state index contributed by atoms with van der Waals surface area (Å²) in [5.41, 5.74) is -3.43. The number of aliphatic hydroxyl groups excluding tert-OH is 5. The van der Waals surface area contributed by atoms with E-state index in [1.54, 1.807) is 20.8 Å². The minimum atomic E-state index is -1.66. The molecule has 1 heterocycles. The maximum Gasteiger partial charge on any atom is 0.312 e. The summed E-state index contributed by atoms with van der Waals surface area (Å²) in [6, 6.07) is 0. The number of carboxylic acid groups (broad SMARTS) is 1. The van der Waals surface area contributed by atoms with E-state index >= 15 is 0 Å². The molecule has 1 saturated heterocycles. The molecule has 6 aliphatic rings. The van der Waals surface area contributed by atoms with Gasteiger partial charge in [0.1, 0.15) is 30.0 Å². The van der Waals surface area contributed by atoms with Gasteiger partial charge in [0.15, 0.2) is 12.1 Å². The lowest BCUT2D eigenvalue weighted by molar-refractivity contribution is -0.330. The Balaban J connectivity index is 1.25. The highest BCUT2D eigenvalue weighted by molar-refractivity contribution is 5.86. The van der Waals surface area contributed by atoms with Gasteiger partial charge in [-0.15, -0.1) is 0 Å². The predicted molar refractivity (Wildman–Crippen MR) is 169 cm³/mol. The molecule has 0 aromatic carbocycles. The van der Waals surface area contributed by atoms with E-state index in [1.807, 2.05) is 0 Å². The third-order valence-corrected chi connectivity index (χ3v) is 15.6. The van der Waals surface area contributed by atoms with Gasteiger partial charge in [-0.2, -0.15) is 0 Å². The van der Waals surface area contributed by atoms with Crippen molar-refractivity contribution in [2.75, 3.05) is 6.61 Å². The van der Waals surface area contributed by atoms with Gasteiger partial charge in [-0.1, -0.05) is 20.8 Å². The fraction of sp³-hybridized carbons (Fsp3) is 0.944. The number of hydrogen-bond donors (Lipinski definition) is 7. The van der Waals surface area contributed by atoms with E-state index in [2.05, 4.69) is 20.8 Å². The van der Waals surface area contributed by atoms with Gasteiger partial charge in [0.25, 0.3) is 0 Å². The number of ether oxygens (including phenoxy) is 2. The van der Waals surface area contributed by atoms with E-state index in [4.69, 9.17) is 9.47 Å². The lowest BCUT2D eigenvalue weighted by atomic mass is 9.41. The van der Waals surface area contributed by atoms with Crippen molar-refractivity contribution in [3.05, 3.63) is 0 Å². The van der Waals surface area contributed by atoms with Gasteiger partial charge >= 0.3 is 5.97 Å². The zero-order valence-corrected chi connectivity index (χ0v) is 28.9. The van der Waals surface area contributed by atoms with Crippen molar-refractivity contribution < 1.29 is 54.8 Å². The Kier molecular flexibility index (Phi) is 8.66. The molecule has 0 amide bonds. The number of carboxylic acids is 1. The fourth-order valence-corrected chi connectivity index (χ4v) is 12.7. The monoisotopic (exact) mass is 666 g/mol. The van der Waals surface area contributed by atoms with Crippen LogP contribution in [0.4, 0.5) is 0 Å². The first-order valence-electron chi connectivity index (χ1n) is 17.9. The molecule has 0 bridgehead atoms. The summed E-state index contributed by atoms with van der Waals surface area (Å²) < 4.78 is 11.8. The van der Waals surface area contributed by atoms with Crippen LogP contribution < -0.4 is 0 Å². The van der Waals surface area contributed by atoms with Gasteiger partial charge in [-0.25, -0.2) is 0 Å². The molecule has 47 heavy (non-hydrogen) atoms. The molecular weight excluding hydrogens is 608 g/mol. The van der Waals surface area contributed by atoms with Crippen molar-refractivity contribution in [2.24, 2.45) is 50.7 Å². The number of Topliss-reactive ketones (excluding diaryl/α,β-unsaturated/α-hetero) is 1. The highest BCUT2D eigenvalue weighted by atomic mass is 16.7. The van der Waals surface area contributed by atoms with E-state index in [9.17, 15) is 45.3 Å². The van der Waals surface area contributed by atoms with Gasteiger partial charge < -0.3 is 45.2 Å². The third kappa shape index (κ3) is 4.73. The number of aliphatic hydroxyl groups is 6. The molecule has 1 aliphatic heterocycles. The van der Waals surface area contributed by atoms with Crippen molar-refractivity contribution in [3.8, 4) is 0 Å². The Bertz CT molecular complexity index is 1250. The number of carbonyl (C=O) groups excluding carboxylic acids is 1. The van der Waals surface area contributed by atoms with Gasteiger partial charge in [0, 0.05) is 18.3 Å². The zero-order chi connectivity index (χ0) is 34.7. The Morgan fingerprint density at radius 3 is 2.21 bits per heavy atom. The van der Waals surface area contributed by atoms with Crippen LogP contribution >= 0.6 is 0 Å². The number of hydrogen-bond acceptors (Lipinski definition) is 10. The normalized spacial score (nSPS) is 52.9. The van der Waals surface area contributed by atoms with Crippen LogP contribution in [0.3, 0.4) is 0 Å². The molecule has 16 unspecified atom stereocenters. The van der Waals surface area contributed by atoms with Crippen molar-refractivity contribution in [1.82, 2.24) is 0 Å². The highest BCUT2D eigenvalue weighted by Crippen LogP contribution is 2.89. The van der Waals surface area contributed by atoms with Gasteiger partial charge in [0.2, 0.25) is 0 Å². The summed E-state index contributed by atoms with van der Waals surface area (Å²) in [6.45, 7) is 11.3. The van der Waals surface area contributed by atoms with Crippen LogP contribution in [0.1, 0.15) is 106 Å². The predicted octanol–water partition coefficient (Wildman–Crippen LogP) is 2.40. The van der Waals surface area contributed by atoms with Crippen LogP contribution in [0, 0.1) is 50.7 Å². The summed E-state index contributed by atoms with van der Waals surface area (Å²) in [5.74, 6) is -0.453. The lowest BCUT2D eigenvalue weighted by Crippen LogP contribution is -2.66. The van der Waals surface area contributed by atoms with E-state index in [-0.39, 0.29) is 34.4 Å². The molecule has 0 aromatic rings. The molecule has 16 atom stereocenters. The first-order valence-corrected chi connectivity index (χ1v) is 17.9. The second-order valence-corrected chi connectivity index (χ2v) is 17.7. The second kappa shape index (κ2) is 11.4. The molecule has 0 aromatic heterocycles. The van der Waals surface area contributed by atoms with Crippen molar-refractivity contribution in [1.29, 1.82) is 0 Å². The lowest BCUT2D eigenvalue weighted by Gasteiger charge is -2.64. The molecule has 268 valence electrons. The van der Waals surface area contributed by atoms with Crippen LogP contribution in [-0.2, 0) is 19.1 Å². The van der Waals surface area contributed by atoms with Gasteiger partial charge in [-0.05, 0) is 112 Å². The largest absolute Gasteiger partial charge is 0.481 e. The first-order chi connectivity index (χ1) is 21.8. The number of rotatable bonds is 9. The molecule has 7 N–H and O–H groups in total. The molecule has 0 radical (unpaired) electrons. The molecule has 6 fully saturated rings. The minimum Gasteiger partial charge on any atom is -0.481 e. The highest BCUT2D eigenvalue weighted by Gasteiger charge is 2.86. The van der Waals surface area contributed by atoms with Crippen LogP contribution in [-0.4, -0.2) is 103 Å². The van der Waals surface area contributed by atoms with Gasteiger partial charge in [0.05, 0.1) is 24.2 Å². The molecule has 6 rings (SSSR count). The number of aliphatic carboxylic acids is 1. The molecule has 11 heteroatoms. The summed E-state index contributed by atoms with van der Waals surface area (Å²) in [6.07, 6.45) is -2.01. The van der Waals surface area contributed by atoms with E-state index in [0.717, 1.165) is 44.9 Å². The molecule has 5 saturated carbocycles. The van der Waals surface area contributed by atoms with Gasteiger partial charge in [-0.3, -0.25) is 9.59 Å². The Morgan fingerprint density at radius 1 is 0.936 bits per heavy atom. The average Bonchev–Trinajstić information content (AvgIpc) is 3.62. The van der Waals surface area contributed by atoms with Crippen LogP contribution in [0.15, 0.2) is 0 Å². The fourth-order valence-electron chi connectivity index (χ4n) is 12.7. The van der Waals surface area contributed by atoms with E-state index in [0.29, 0.717) is 30.6 Å². The van der Waals surface area contributed by atoms with Crippen molar-refractivity contribution in [3.63, 3.8) is 0 Å². The Morgan fingerprint density at radius 2 is 1.60 bits per heavy atom. The van der Waals surface area contributed by atoms with E-state index in [1.165, 1.54) is 0 Å². The summed E-state index contributed by atoms with van der Waals surface area (Å²) in [4.78, 5) is 25.8. The first kappa shape index (κ1) is 35.6. The maximum atomic E-state index is 13.3. The smallest absolute Gasteiger partial charge is 0.312 e. The standard InChI is InChI=1S/C36H58O11/c1-18(7-10-23(38)31(2,3)45)19-11-12-33(5)21-8-9-22-34(6,30(43)44)25(47-29-28(42)27(41)26(40)20(16-37)46-29)15-24(39)36(22)17-35(21,36)14-13-32(19,33)4/h18-22,24-29,37,39-42,45H,7-17H2,1-6H3,(H,43,44). The summed E-state index contributed by atoms with van der Waals surface area (Å²) in [5, 5.41) is 74.0. The summed E-state index contributed by atoms with van der Waals surface area (Å²) in [7, 11) is 0. The average molecular weight is 667 g/mol. The topological polar surface area (TPSA) is 194 Å². The van der Waals surface area contributed by atoms with Crippen molar-refractivity contribution >= 4 is 11.8 Å². The number of ketones is 1. The second-order valence-electron chi connectivity index (χ2n) is 17.7. The van der Waals surface area contributed by atoms with E-state index < -0.39 is 71.9 Å². The van der Waals surface area contributed by atoms with Crippen LogP contribution in [0.2, 0.25) is 0 Å². The number of fused-ring (bicyclic) bond motifs is 2. The minimum absolute atomic E-state index is 0.00191. The maximum absolute atomic E-state index is 13.3. The van der Waals surface area contributed by atoms with Crippen LogP contribution in [0.5, 0.6) is 0 Å². The molecular formula is C36H58O11. The Hall–Kier alpha value is -1.18. The quantitative estimate of drug-likeness (QED) is 0.179. The van der Waals surface area contributed by atoms with Crippen LogP contribution in [0.25, 0.3) is 0 Å². The SMILES string of the molecule is CC(CCC(=O)C(C)(C)O)C1CCC2(C)C3CCC4C(C)(C(=O)O)C(OC5OC(CO)C(O)C(O)C5O)CC(O)C45CC35CCC12C. The summed E-state index contributed by atoms with van der Waals surface area (Å²) >= 11 is 0. The number of carbonyl (C=O) groups is 2. The molecule has 2 spiro atoms. The molecule has 11 nitrogen and oxygen atoms in total. The third-order valence-electron chi connectivity index (χ3n) is 15.6. The zero-order valence-electron chi connectivity index (χ0n) is 28.9. The Labute approximate surface area is 278 Å². The molecule has 5 aliphatic carbocycles.